The standard InChI is InChI=1S/C21H24ClF3N4O2/c1-11(12-7-6-8-14(16(12)23)21(5,24)25)26-17-13-9-29(19(30)31-20(2,3)4)10-15(13)27-18(22)28-17/h6-8,11H,9-10H2,1-5H3,(H,26,27,28)/t11-/m1/s1. The monoisotopic (exact) mass is 456 g/mol. The highest BCUT2D eigenvalue weighted by atomic mass is 35.5. The summed E-state index contributed by atoms with van der Waals surface area (Å²) in [5.74, 6) is -3.99. The summed E-state index contributed by atoms with van der Waals surface area (Å²) in [6.07, 6.45) is -0.510. The predicted molar refractivity (Wildman–Crippen MR) is 111 cm³/mol. The second kappa shape index (κ2) is 8.18. The summed E-state index contributed by atoms with van der Waals surface area (Å²) in [5, 5.41) is 2.98. The zero-order valence-corrected chi connectivity index (χ0v) is 18.6. The zero-order chi connectivity index (χ0) is 23.1. The Hall–Kier alpha value is -2.55. The van der Waals surface area contributed by atoms with Gasteiger partial charge in [-0.15, -0.1) is 0 Å². The first kappa shape index (κ1) is 23.1. The Labute approximate surface area is 183 Å². The SMILES string of the molecule is C[C@@H](Nc1nc(Cl)nc2c1CN(C(=O)OC(C)(C)C)C2)c1cccc(C(C)(F)F)c1F. The van der Waals surface area contributed by atoms with Crippen LogP contribution in [0.5, 0.6) is 0 Å². The van der Waals surface area contributed by atoms with Gasteiger partial charge in [0, 0.05) is 18.1 Å². The normalized spacial score (nSPS) is 14.9. The highest BCUT2D eigenvalue weighted by Gasteiger charge is 2.33. The number of amides is 1. The molecule has 0 radical (unpaired) electrons. The van der Waals surface area contributed by atoms with Crippen LogP contribution in [0.15, 0.2) is 18.2 Å². The van der Waals surface area contributed by atoms with Crippen molar-refractivity contribution in [2.24, 2.45) is 0 Å². The minimum absolute atomic E-state index is 0.0474. The number of benzene rings is 1. The molecular weight excluding hydrogens is 433 g/mol. The maximum atomic E-state index is 14.8. The molecule has 1 atom stereocenters. The molecule has 2 heterocycles. The van der Waals surface area contributed by atoms with Crippen LogP contribution >= 0.6 is 11.6 Å². The Bertz CT molecular complexity index is 1010. The quantitative estimate of drug-likeness (QED) is 0.588. The van der Waals surface area contributed by atoms with Gasteiger partial charge in [0.05, 0.1) is 30.4 Å². The van der Waals surface area contributed by atoms with Crippen molar-refractivity contribution in [1.82, 2.24) is 14.9 Å². The van der Waals surface area contributed by atoms with E-state index in [1.807, 2.05) is 0 Å². The molecule has 0 spiro atoms. The van der Waals surface area contributed by atoms with Crippen molar-refractivity contribution in [1.29, 1.82) is 0 Å². The van der Waals surface area contributed by atoms with E-state index in [9.17, 15) is 18.0 Å². The molecule has 168 valence electrons. The number of alkyl halides is 2. The lowest BCUT2D eigenvalue weighted by atomic mass is 10.0. The average molecular weight is 457 g/mol. The summed E-state index contributed by atoms with van der Waals surface area (Å²) in [6.45, 7) is 7.92. The number of rotatable bonds is 4. The van der Waals surface area contributed by atoms with E-state index in [0.29, 0.717) is 24.0 Å². The first-order valence-corrected chi connectivity index (χ1v) is 10.1. The van der Waals surface area contributed by atoms with Crippen LogP contribution in [-0.2, 0) is 23.7 Å². The maximum Gasteiger partial charge on any atom is 0.410 e. The Kier molecular flexibility index (Phi) is 6.10. The Morgan fingerprint density at radius 2 is 1.90 bits per heavy atom. The molecule has 0 saturated carbocycles. The van der Waals surface area contributed by atoms with Gasteiger partial charge in [0.2, 0.25) is 5.28 Å². The van der Waals surface area contributed by atoms with E-state index in [2.05, 4.69) is 15.3 Å². The zero-order valence-electron chi connectivity index (χ0n) is 17.9. The number of nitrogens with zero attached hydrogens (tertiary/aromatic N) is 3. The Morgan fingerprint density at radius 3 is 2.52 bits per heavy atom. The first-order valence-electron chi connectivity index (χ1n) is 9.72. The van der Waals surface area contributed by atoms with Gasteiger partial charge in [0.15, 0.2) is 0 Å². The lowest BCUT2D eigenvalue weighted by Gasteiger charge is -2.24. The number of fused-ring (bicyclic) bond motifs is 1. The van der Waals surface area contributed by atoms with Crippen molar-refractivity contribution < 1.29 is 22.7 Å². The molecule has 0 bridgehead atoms. The third kappa shape index (κ3) is 5.20. The number of ether oxygens (including phenoxy) is 1. The van der Waals surface area contributed by atoms with Gasteiger partial charge < -0.3 is 10.1 Å². The molecular formula is C21H24ClF3N4O2. The summed E-state index contributed by atoms with van der Waals surface area (Å²) in [5.41, 5.74) is -0.131. The van der Waals surface area contributed by atoms with Gasteiger partial charge in [-0.05, 0) is 39.3 Å². The molecule has 1 amide bonds. The number of aromatic nitrogens is 2. The van der Waals surface area contributed by atoms with E-state index in [-0.39, 0.29) is 23.9 Å². The predicted octanol–water partition coefficient (Wildman–Crippen LogP) is 5.80. The van der Waals surface area contributed by atoms with Crippen LogP contribution in [0.25, 0.3) is 0 Å². The van der Waals surface area contributed by atoms with E-state index in [1.165, 1.54) is 17.0 Å². The van der Waals surface area contributed by atoms with Crippen molar-refractivity contribution in [3.05, 3.63) is 51.7 Å². The lowest BCUT2D eigenvalue weighted by molar-refractivity contribution is 0.0135. The molecule has 0 aliphatic carbocycles. The van der Waals surface area contributed by atoms with Gasteiger partial charge in [0.1, 0.15) is 17.2 Å². The Balaban J connectivity index is 1.86. The number of anilines is 1. The van der Waals surface area contributed by atoms with E-state index in [0.717, 1.165) is 6.07 Å². The molecule has 3 rings (SSSR count). The van der Waals surface area contributed by atoms with E-state index >= 15 is 0 Å². The molecule has 1 aliphatic rings. The summed E-state index contributed by atoms with van der Waals surface area (Å²) < 4.78 is 47.6. The number of nitrogens with one attached hydrogen (secondary N) is 1. The number of hydrogen-bond donors (Lipinski definition) is 1. The molecule has 1 aliphatic heterocycles. The second-order valence-corrected chi connectivity index (χ2v) is 8.90. The fourth-order valence-corrected chi connectivity index (χ4v) is 3.49. The maximum absolute atomic E-state index is 14.8. The molecule has 2 aromatic rings. The number of carbonyl (C=O) groups excluding carboxylic acids is 1. The number of halogens is 4. The summed E-state index contributed by atoms with van der Waals surface area (Å²) >= 11 is 6.04. The molecule has 0 fully saturated rings. The molecule has 1 aromatic heterocycles. The van der Waals surface area contributed by atoms with E-state index in [1.54, 1.807) is 27.7 Å². The van der Waals surface area contributed by atoms with E-state index in [4.69, 9.17) is 16.3 Å². The van der Waals surface area contributed by atoms with Crippen LogP contribution in [0.1, 0.15) is 63.0 Å². The van der Waals surface area contributed by atoms with Crippen LogP contribution in [-0.4, -0.2) is 26.6 Å². The number of hydrogen-bond acceptors (Lipinski definition) is 5. The van der Waals surface area contributed by atoms with Gasteiger partial charge in [-0.1, -0.05) is 18.2 Å². The van der Waals surface area contributed by atoms with E-state index < -0.39 is 35.0 Å². The lowest BCUT2D eigenvalue weighted by Crippen LogP contribution is -2.33. The molecule has 1 N–H and O–H groups in total. The topological polar surface area (TPSA) is 67.4 Å². The molecule has 10 heteroatoms. The first-order chi connectivity index (χ1) is 14.3. The molecule has 0 saturated heterocycles. The van der Waals surface area contributed by atoms with Gasteiger partial charge in [-0.2, -0.15) is 0 Å². The van der Waals surface area contributed by atoms with Crippen LogP contribution in [0, 0.1) is 5.82 Å². The smallest absolute Gasteiger partial charge is 0.410 e. The number of carbonyl (C=O) groups is 1. The third-order valence-corrected chi connectivity index (χ3v) is 4.90. The fourth-order valence-electron chi connectivity index (χ4n) is 3.31. The largest absolute Gasteiger partial charge is 0.444 e. The van der Waals surface area contributed by atoms with Gasteiger partial charge in [0.25, 0.3) is 5.92 Å². The second-order valence-electron chi connectivity index (χ2n) is 8.57. The summed E-state index contributed by atoms with van der Waals surface area (Å²) in [7, 11) is 0. The fraction of sp³-hybridized carbons (Fsp3) is 0.476. The average Bonchev–Trinajstić information content (AvgIpc) is 3.03. The van der Waals surface area contributed by atoms with Crippen LogP contribution < -0.4 is 5.32 Å². The van der Waals surface area contributed by atoms with Crippen LogP contribution in [0.2, 0.25) is 5.28 Å². The van der Waals surface area contributed by atoms with Crippen molar-refractivity contribution >= 4 is 23.5 Å². The van der Waals surface area contributed by atoms with Crippen molar-refractivity contribution in [2.45, 2.75) is 65.3 Å². The molecule has 1 aromatic carbocycles. The summed E-state index contributed by atoms with van der Waals surface area (Å²) in [4.78, 5) is 22.2. The van der Waals surface area contributed by atoms with Crippen LogP contribution in [0.4, 0.5) is 23.8 Å². The van der Waals surface area contributed by atoms with Crippen molar-refractivity contribution in [2.75, 3.05) is 5.32 Å². The van der Waals surface area contributed by atoms with Gasteiger partial charge >= 0.3 is 6.09 Å². The van der Waals surface area contributed by atoms with Gasteiger partial charge in [-0.25, -0.2) is 27.9 Å². The Morgan fingerprint density at radius 1 is 1.23 bits per heavy atom. The molecule has 0 unspecified atom stereocenters. The summed E-state index contributed by atoms with van der Waals surface area (Å²) in [6, 6.07) is 3.17. The van der Waals surface area contributed by atoms with Crippen molar-refractivity contribution in [3.8, 4) is 0 Å². The van der Waals surface area contributed by atoms with Gasteiger partial charge in [-0.3, -0.25) is 4.90 Å². The minimum atomic E-state index is -3.31. The molecule has 6 nitrogen and oxygen atoms in total. The highest BCUT2D eigenvalue weighted by molar-refractivity contribution is 6.28. The van der Waals surface area contributed by atoms with Crippen LogP contribution in [0.3, 0.4) is 0 Å². The third-order valence-electron chi connectivity index (χ3n) is 4.73. The highest BCUT2D eigenvalue weighted by Crippen LogP contribution is 2.35. The molecule has 31 heavy (non-hydrogen) atoms. The van der Waals surface area contributed by atoms with Crippen molar-refractivity contribution in [3.63, 3.8) is 0 Å². The minimum Gasteiger partial charge on any atom is -0.444 e.